The maximum atomic E-state index is 12.6. The third-order valence-electron chi connectivity index (χ3n) is 4.69. The van der Waals surface area contributed by atoms with Crippen molar-refractivity contribution in [3.63, 3.8) is 0 Å². The van der Waals surface area contributed by atoms with Crippen molar-refractivity contribution < 1.29 is 4.79 Å². The van der Waals surface area contributed by atoms with Crippen LogP contribution in [0, 0.1) is 0 Å². The molecular formula is C23H26N4O. The van der Waals surface area contributed by atoms with Crippen LogP contribution in [-0.4, -0.2) is 22.4 Å². The van der Waals surface area contributed by atoms with E-state index < -0.39 is 0 Å². The monoisotopic (exact) mass is 374 g/mol. The average molecular weight is 374 g/mol. The van der Waals surface area contributed by atoms with E-state index in [-0.39, 0.29) is 5.91 Å². The summed E-state index contributed by atoms with van der Waals surface area (Å²) in [6.45, 7) is 4.91. The number of carbonyl (C=O) groups is 1. The molecule has 0 aliphatic heterocycles. The van der Waals surface area contributed by atoms with E-state index in [0.717, 1.165) is 42.6 Å². The van der Waals surface area contributed by atoms with Gasteiger partial charge in [-0.1, -0.05) is 62.4 Å². The van der Waals surface area contributed by atoms with Crippen molar-refractivity contribution in [1.82, 2.24) is 9.97 Å². The van der Waals surface area contributed by atoms with E-state index in [1.807, 2.05) is 36.4 Å². The predicted octanol–water partition coefficient (Wildman–Crippen LogP) is 4.51. The van der Waals surface area contributed by atoms with Crippen LogP contribution in [0.15, 0.2) is 60.9 Å². The molecule has 1 aromatic heterocycles. The van der Waals surface area contributed by atoms with E-state index in [1.54, 1.807) is 12.4 Å². The lowest BCUT2D eigenvalue weighted by Gasteiger charge is -2.14. The number of aryl methyl sites for hydroxylation is 2. The fourth-order valence-electron chi connectivity index (χ4n) is 3.09. The SMILES string of the molecule is CCc1cccc(CC)c1NC(=O)c1cnc(NCCc2ccccc2)nc1. The van der Waals surface area contributed by atoms with Crippen LogP contribution < -0.4 is 10.6 Å². The molecule has 3 aromatic rings. The molecule has 2 aromatic carbocycles. The van der Waals surface area contributed by atoms with E-state index in [1.165, 1.54) is 5.56 Å². The minimum Gasteiger partial charge on any atom is -0.354 e. The van der Waals surface area contributed by atoms with Crippen molar-refractivity contribution in [2.45, 2.75) is 33.1 Å². The number of benzene rings is 2. The van der Waals surface area contributed by atoms with Gasteiger partial charge in [0, 0.05) is 24.6 Å². The number of aromatic nitrogens is 2. The van der Waals surface area contributed by atoms with Crippen molar-refractivity contribution in [2.75, 3.05) is 17.2 Å². The molecule has 0 radical (unpaired) electrons. The van der Waals surface area contributed by atoms with Crippen molar-refractivity contribution >= 4 is 17.5 Å². The first-order valence-corrected chi connectivity index (χ1v) is 9.73. The number of nitrogens with one attached hydrogen (secondary N) is 2. The highest BCUT2D eigenvalue weighted by atomic mass is 16.1. The molecule has 0 saturated heterocycles. The molecule has 0 bridgehead atoms. The minimum atomic E-state index is -0.188. The molecule has 0 atom stereocenters. The smallest absolute Gasteiger partial charge is 0.258 e. The third kappa shape index (κ3) is 4.94. The molecule has 0 fully saturated rings. The number of carbonyl (C=O) groups excluding carboxylic acids is 1. The summed E-state index contributed by atoms with van der Waals surface area (Å²) in [7, 11) is 0. The topological polar surface area (TPSA) is 66.9 Å². The zero-order valence-electron chi connectivity index (χ0n) is 16.4. The number of hydrogen-bond donors (Lipinski definition) is 2. The minimum absolute atomic E-state index is 0.188. The van der Waals surface area contributed by atoms with Gasteiger partial charge in [-0.05, 0) is 36.0 Å². The van der Waals surface area contributed by atoms with Gasteiger partial charge in [-0.3, -0.25) is 4.79 Å². The molecular weight excluding hydrogens is 348 g/mol. The summed E-state index contributed by atoms with van der Waals surface area (Å²) in [5.41, 5.74) is 4.87. The first-order chi connectivity index (χ1) is 13.7. The van der Waals surface area contributed by atoms with E-state index in [9.17, 15) is 4.79 Å². The van der Waals surface area contributed by atoms with Crippen LogP contribution in [0.25, 0.3) is 0 Å². The Bertz CT molecular complexity index is 885. The summed E-state index contributed by atoms with van der Waals surface area (Å²) < 4.78 is 0. The molecule has 0 aliphatic rings. The highest BCUT2D eigenvalue weighted by molar-refractivity contribution is 6.04. The van der Waals surface area contributed by atoms with Gasteiger partial charge in [0.15, 0.2) is 0 Å². The van der Waals surface area contributed by atoms with E-state index in [2.05, 4.69) is 46.6 Å². The average Bonchev–Trinajstić information content (AvgIpc) is 2.75. The predicted molar refractivity (Wildman–Crippen MR) is 114 cm³/mol. The van der Waals surface area contributed by atoms with E-state index in [4.69, 9.17) is 0 Å². The zero-order chi connectivity index (χ0) is 19.8. The van der Waals surface area contributed by atoms with E-state index in [0.29, 0.717) is 11.5 Å². The molecule has 0 unspecified atom stereocenters. The maximum absolute atomic E-state index is 12.6. The Morgan fingerprint density at radius 3 is 2.14 bits per heavy atom. The van der Waals surface area contributed by atoms with E-state index >= 15 is 0 Å². The number of amides is 1. The molecule has 5 heteroatoms. The molecule has 144 valence electrons. The maximum Gasteiger partial charge on any atom is 0.258 e. The van der Waals surface area contributed by atoms with Crippen LogP contribution in [0.1, 0.15) is 40.9 Å². The molecule has 5 nitrogen and oxygen atoms in total. The van der Waals surface area contributed by atoms with Crippen LogP contribution in [0.4, 0.5) is 11.6 Å². The van der Waals surface area contributed by atoms with Gasteiger partial charge in [0.25, 0.3) is 5.91 Å². The van der Waals surface area contributed by atoms with Crippen LogP contribution in [0.5, 0.6) is 0 Å². The lowest BCUT2D eigenvalue weighted by molar-refractivity contribution is 0.102. The normalized spacial score (nSPS) is 10.5. The van der Waals surface area contributed by atoms with Crippen LogP contribution in [0.3, 0.4) is 0 Å². The summed E-state index contributed by atoms with van der Waals surface area (Å²) in [5.74, 6) is 0.335. The fraction of sp³-hybridized carbons (Fsp3) is 0.261. The summed E-state index contributed by atoms with van der Waals surface area (Å²) >= 11 is 0. The molecule has 2 N–H and O–H groups in total. The number of nitrogens with zero attached hydrogens (tertiary/aromatic N) is 2. The summed E-state index contributed by atoms with van der Waals surface area (Å²) in [4.78, 5) is 21.2. The summed E-state index contributed by atoms with van der Waals surface area (Å²) in [6, 6.07) is 16.4. The Kier molecular flexibility index (Phi) is 6.73. The molecule has 1 amide bonds. The largest absolute Gasteiger partial charge is 0.354 e. The van der Waals surface area contributed by atoms with Crippen LogP contribution in [-0.2, 0) is 19.3 Å². The van der Waals surface area contributed by atoms with Gasteiger partial charge < -0.3 is 10.6 Å². The highest BCUT2D eigenvalue weighted by Crippen LogP contribution is 2.23. The number of anilines is 2. The third-order valence-corrected chi connectivity index (χ3v) is 4.69. The Morgan fingerprint density at radius 1 is 0.893 bits per heavy atom. The quantitative estimate of drug-likeness (QED) is 0.609. The highest BCUT2D eigenvalue weighted by Gasteiger charge is 2.12. The van der Waals surface area contributed by atoms with Crippen molar-refractivity contribution in [3.8, 4) is 0 Å². The van der Waals surface area contributed by atoms with Gasteiger partial charge in [0.2, 0.25) is 5.95 Å². The Labute approximate surface area is 166 Å². The number of para-hydroxylation sites is 1. The van der Waals surface area contributed by atoms with Crippen LogP contribution >= 0.6 is 0 Å². The second kappa shape index (κ2) is 9.65. The number of hydrogen-bond acceptors (Lipinski definition) is 4. The van der Waals surface area contributed by atoms with Gasteiger partial charge in [0.1, 0.15) is 0 Å². The lowest BCUT2D eigenvalue weighted by atomic mass is 10.0. The molecule has 0 saturated carbocycles. The second-order valence-corrected chi connectivity index (χ2v) is 6.57. The Morgan fingerprint density at radius 2 is 1.54 bits per heavy atom. The second-order valence-electron chi connectivity index (χ2n) is 6.57. The zero-order valence-corrected chi connectivity index (χ0v) is 16.4. The Hall–Kier alpha value is -3.21. The molecule has 3 rings (SSSR count). The fourth-order valence-corrected chi connectivity index (χ4v) is 3.09. The summed E-state index contributed by atoms with van der Waals surface area (Å²) in [6.07, 6.45) is 5.75. The van der Waals surface area contributed by atoms with Crippen molar-refractivity contribution in [3.05, 3.63) is 83.2 Å². The van der Waals surface area contributed by atoms with Crippen molar-refractivity contribution in [1.29, 1.82) is 0 Å². The molecule has 28 heavy (non-hydrogen) atoms. The van der Waals surface area contributed by atoms with Gasteiger partial charge >= 0.3 is 0 Å². The van der Waals surface area contributed by atoms with Gasteiger partial charge in [-0.25, -0.2) is 9.97 Å². The first-order valence-electron chi connectivity index (χ1n) is 9.73. The van der Waals surface area contributed by atoms with Gasteiger partial charge in [-0.15, -0.1) is 0 Å². The Balaban J connectivity index is 1.61. The molecule has 0 spiro atoms. The van der Waals surface area contributed by atoms with Gasteiger partial charge in [0.05, 0.1) is 5.56 Å². The molecule has 0 aliphatic carbocycles. The molecule has 1 heterocycles. The van der Waals surface area contributed by atoms with Gasteiger partial charge in [-0.2, -0.15) is 0 Å². The first kappa shape index (κ1) is 19.5. The lowest BCUT2D eigenvalue weighted by Crippen LogP contribution is -2.16. The van der Waals surface area contributed by atoms with Crippen molar-refractivity contribution in [2.24, 2.45) is 0 Å². The standard InChI is InChI=1S/C23H26N4O/c1-3-18-11-8-12-19(4-2)21(18)27-22(28)20-15-25-23(26-16-20)24-14-13-17-9-6-5-7-10-17/h5-12,15-16H,3-4,13-14H2,1-2H3,(H,27,28)(H,24,25,26). The van der Waals surface area contributed by atoms with Crippen LogP contribution in [0.2, 0.25) is 0 Å². The number of rotatable bonds is 8. The summed E-state index contributed by atoms with van der Waals surface area (Å²) in [5, 5.41) is 6.23.